The number of hydrogen-bond acceptors (Lipinski definition) is 4. The van der Waals surface area contributed by atoms with Crippen LogP contribution >= 0.6 is 23.4 Å². The molecule has 0 fully saturated rings. The van der Waals surface area contributed by atoms with Crippen LogP contribution in [0.4, 0.5) is 14.5 Å². The van der Waals surface area contributed by atoms with Crippen molar-refractivity contribution in [3.05, 3.63) is 58.6 Å². The molecule has 8 heteroatoms. The first-order chi connectivity index (χ1) is 12.8. The number of benzene rings is 2. The van der Waals surface area contributed by atoms with Crippen LogP contribution in [-0.4, -0.2) is 23.7 Å². The molecule has 0 aromatic heterocycles. The zero-order valence-electron chi connectivity index (χ0n) is 14.7. The summed E-state index contributed by atoms with van der Waals surface area (Å²) in [5.41, 5.74) is -0.0635. The van der Waals surface area contributed by atoms with E-state index in [4.69, 9.17) is 16.3 Å². The van der Waals surface area contributed by atoms with E-state index in [1.54, 1.807) is 6.92 Å². The van der Waals surface area contributed by atoms with Gasteiger partial charge >= 0.3 is 5.97 Å². The third kappa shape index (κ3) is 5.68. The second-order valence-electron chi connectivity index (χ2n) is 5.49. The first-order valence-electron chi connectivity index (χ1n) is 8.25. The molecule has 0 heterocycles. The second kappa shape index (κ2) is 9.71. The van der Waals surface area contributed by atoms with Crippen molar-refractivity contribution < 1.29 is 23.1 Å². The van der Waals surface area contributed by atoms with Gasteiger partial charge in [-0.2, -0.15) is 0 Å². The number of amides is 1. The fourth-order valence-electron chi connectivity index (χ4n) is 2.23. The number of thioether (sulfide) groups is 1. The number of hydrogen-bond donors (Lipinski definition) is 1. The quantitative estimate of drug-likeness (QED) is 0.494. The van der Waals surface area contributed by atoms with E-state index in [-0.39, 0.29) is 22.9 Å². The van der Waals surface area contributed by atoms with E-state index in [0.29, 0.717) is 11.3 Å². The average Bonchev–Trinajstić information content (AvgIpc) is 2.63. The number of carbonyl (C=O) groups is 2. The lowest BCUT2D eigenvalue weighted by molar-refractivity contribution is -0.142. The van der Waals surface area contributed by atoms with Crippen LogP contribution in [0, 0.1) is 11.6 Å². The summed E-state index contributed by atoms with van der Waals surface area (Å²) in [6.45, 7) is 3.78. The molecule has 2 aromatic rings. The predicted octanol–water partition coefficient (Wildman–Crippen LogP) is 5.30. The van der Waals surface area contributed by atoms with Crippen LogP contribution in [-0.2, 0) is 9.53 Å². The molecule has 0 saturated heterocycles. The molecular weight excluding hydrogens is 396 g/mol. The summed E-state index contributed by atoms with van der Waals surface area (Å²) in [5, 5.41) is 2.00. The SMILES string of the molecule is CCOC(=O)C(CC)Sc1cc(NC(=O)c2cccc(F)c2)c(F)cc1Cl. The van der Waals surface area contributed by atoms with Crippen molar-refractivity contribution in [3.8, 4) is 0 Å². The third-order valence-electron chi connectivity index (χ3n) is 3.55. The van der Waals surface area contributed by atoms with Gasteiger partial charge in [-0.25, -0.2) is 8.78 Å². The minimum Gasteiger partial charge on any atom is -0.465 e. The van der Waals surface area contributed by atoms with Crippen molar-refractivity contribution in [2.24, 2.45) is 0 Å². The predicted molar refractivity (Wildman–Crippen MR) is 102 cm³/mol. The minimum atomic E-state index is -0.738. The van der Waals surface area contributed by atoms with Gasteiger partial charge < -0.3 is 10.1 Å². The maximum atomic E-state index is 14.2. The van der Waals surface area contributed by atoms with E-state index in [1.165, 1.54) is 24.3 Å². The molecule has 0 aliphatic carbocycles. The van der Waals surface area contributed by atoms with E-state index in [0.717, 1.165) is 23.9 Å². The normalized spacial score (nSPS) is 11.7. The fraction of sp³-hybridized carbons (Fsp3) is 0.263. The van der Waals surface area contributed by atoms with Crippen LogP contribution in [0.25, 0.3) is 0 Å². The Labute approximate surface area is 165 Å². The molecule has 1 amide bonds. The summed E-state index contributed by atoms with van der Waals surface area (Å²) in [6, 6.07) is 7.45. The van der Waals surface area contributed by atoms with E-state index in [1.807, 2.05) is 6.92 Å². The van der Waals surface area contributed by atoms with Crippen LogP contribution in [0.5, 0.6) is 0 Å². The topological polar surface area (TPSA) is 55.4 Å². The number of halogens is 3. The lowest BCUT2D eigenvalue weighted by Crippen LogP contribution is -2.19. The molecule has 144 valence electrons. The van der Waals surface area contributed by atoms with Gasteiger partial charge in [0.15, 0.2) is 0 Å². The summed E-state index contributed by atoms with van der Waals surface area (Å²) in [4.78, 5) is 24.6. The molecule has 4 nitrogen and oxygen atoms in total. The molecule has 2 aromatic carbocycles. The number of rotatable bonds is 7. The van der Waals surface area contributed by atoms with E-state index < -0.39 is 28.8 Å². The number of anilines is 1. The Balaban J connectivity index is 2.24. The van der Waals surface area contributed by atoms with Crippen molar-refractivity contribution in [1.82, 2.24) is 0 Å². The lowest BCUT2D eigenvalue weighted by Gasteiger charge is -2.15. The second-order valence-corrected chi connectivity index (χ2v) is 7.15. The summed E-state index contributed by atoms with van der Waals surface area (Å²) in [7, 11) is 0. The Morgan fingerprint density at radius 2 is 1.96 bits per heavy atom. The molecule has 0 aliphatic rings. The first kappa shape index (κ1) is 21.2. The Bertz CT molecular complexity index is 848. The smallest absolute Gasteiger partial charge is 0.319 e. The highest BCUT2D eigenvalue weighted by atomic mass is 35.5. The monoisotopic (exact) mass is 413 g/mol. The van der Waals surface area contributed by atoms with E-state index in [2.05, 4.69) is 5.32 Å². The molecule has 1 N–H and O–H groups in total. The number of carbonyl (C=O) groups excluding carboxylic acids is 2. The Kier molecular flexibility index (Phi) is 7.62. The summed E-state index contributed by atoms with van der Waals surface area (Å²) >= 11 is 7.21. The molecule has 0 spiro atoms. The Hall–Kier alpha value is -2.12. The van der Waals surface area contributed by atoms with E-state index >= 15 is 0 Å². The summed E-state index contributed by atoms with van der Waals surface area (Å²) in [5.74, 6) is -2.37. The van der Waals surface area contributed by atoms with Crippen LogP contribution in [0.2, 0.25) is 5.02 Å². The van der Waals surface area contributed by atoms with Crippen LogP contribution < -0.4 is 5.32 Å². The highest BCUT2D eigenvalue weighted by molar-refractivity contribution is 8.00. The lowest BCUT2D eigenvalue weighted by atomic mass is 10.2. The van der Waals surface area contributed by atoms with Crippen LogP contribution in [0.3, 0.4) is 0 Å². The first-order valence-corrected chi connectivity index (χ1v) is 9.50. The largest absolute Gasteiger partial charge is 0.465 e. The number of ether oxygens (including phenoxy) is 1. The van der Waals surface area contributed by atoms with E-state index in [9.17, 15) is 18.4 Å². The van der Waals surface area contributed by atoms with Crippen molar-refractivity contribution in [3.63, 3.8) is 0 Å². The summed E-state index contributed by atoms with van der Waals surface area (Å²) < 4.78 is 32.5. The molecule has 2 rings (SSSR count). The van der Waals surface area contributed by atoms with Crippen molar-refractivity contribution in [2.45, 2.75) is 30.4 Å². The van der Waals surface area contributed by atoms with Crippen molar-refractivity contribution in [2.75, 3.05) is 11.9 Å². The highest BCUT2D eigenvalue weighted by Crippen LogP contribution is 2.36. The zero-order chi connectivity index (χ0) is 20.0. The van der Waals surface area contributed by atoms with Crippen LogP contribution in [0.15, 0.2) is 41.3 Å². The number of nitrogens with one attached hydrogen (secondary N) is 1. The molecule has 0 aliphatic heterocycles. The Morgan fingerprint density at radius 3 is 2.59 bits per heavy atom. The molecule has 0 bridgehead atoms. The summed E-state index contributed by atoms with van der Waals surface area (Å²) in [6.07, 6.45) is 0.488. The molecule has 1 atom stereocenters. The average molecular weight is 414 g/mol. The van der Waals surface area contributed by atoms with Crippen molar-refractivity contribution in [1.29, 1.82) is 0 Å². The molecule has 0 radical (unpaired) electrons. The highest BCUT2D eigenvalue weighted by Gasteiger charge is 2.22. The van der Waals surface area contributed by atoms with Gasteiger partial charge in [-0.05, 0) is 43.7 Å². The molecule has 27 heavy (non-hydrogen) atoms. The van der Waals surface area contributed by atoms with Gasteiger partial charge in [0.05, 0.1) is 17.3 Å². The fourth-order valence-corrected chi connectivity index (χ4v) is 3.50. The maximum absolute atomic E-state index is 14.2. The third-order valence-corrected chi connectivity index (χ3v) is 5.37. The Morgan fingerprint density at radius 1 is 1.22 bits per heavy atom. The van der Waals surface area contributed by atoms with Gasteiger partial charge in [0.1, 0.15) is 16.9 Å². The van der Waals surface area contributed by atoms with Gasteiger partial charge in [0, 0.05) is 10.5 Å². The zero-order valence-corrected chi connectivity index (χ0v) is 16.3. The standard InChI is InChI=1S/C19H18ClF2NO3S/c1-3-16(19(25)26-4-2)27-17-10-15(14(22)9-13(17)20)23-18(24)11-6-5-7-12(21)8-11/h5-10,16H,3-4H2,1-2H3,(H,23,24). The van der Waals surface area contributed by atoms with Gasteiger partial charge in [0.25, 0.3) is 5.91 Å². The maximum Gasteiger partial charge on any atom is 0.319 e. The number of esters is 1. The van der Waals surface area contributed by atoms with Crippen LogP contribution in [0.1, 0.15) is 30.6 Å². The van der Waals surface area contributed by atoms with Gasteiger partial charge in [0.2, 0.25) is 0 Å². The molecule has 0 saturated carbocycles. The van der Waals surface area contributed by atoms with Gasteiger partial charge in [-0.15, -0.1) is 11.8 Å². The van der Waals surface area contributed by atoms with Gasteiger partial charge in [-0.3, -0.25) is 9.59 Å². The minimum absolute atomic E-state index is 0.0523. The molecular formula is C19H18ClF2NO3S. The van der Waals surface area contributed by atoms with Crippen molar-refractivity contribution >= 4 is 40.9 Å². The molecule has 1 unspecified atom stereocenters. The van der Waals surface area contributed by atoms with Gasteiger partial charge in [-0.1, -0.05) is 24.6 Å².